The van der Waals surface area contributed by atoms with Crippen LogP contribution >= 0.6 is 0 Å². The van der Waals surface area contributed by atoms with Crippen molar-refractivity contribution in [1.82, 2.24) is 0 Å². The summed E-state index contributed by atoms with van der Waals surface area (Å²) < 4.78 is 0. The second kappa shape index (κ2) is 1.01. The highest BCUT2D eigenvalue weighted by Crippen LogP contribution is 1.98. The minimum absolute atomic E-state index is 0.481. The van der Waals surface area contributed by atoms with Gasteiger partial charge >= 0.3 is 0 Å². The molecule has 0 amide bonds. The van der Waals surface area contributed by atoms with Gasteiger partial charge in [0.25, 0.3) is 0 Å². The molecule has 0 radical (unpaired) electrons. The van der Waals surface area contributed by atoms with Crippen LogP contribution in [-0.4, -0.2) is 6.34 Å². The normalized spacial score (nSPS) is 17.0. The number of rotatable bonds is 0. The van der Waals surface area contributed by atoms with Crippen LogP contribution in [0.4, 0.5) is 0 Å². The van der Waals surface area contributed by atoms with Crippen LogP contribution in [0, 0.1) is 0 Å². The molecule has 0 aromatic rings. The Morgan fingerprint density at radius 3 is 2.67 bits per heavy atom. The second-order valence-electron chi connectivity index (χ2n) is 0.876. The molecule has 1 rings (SSSR count). The molecule has 0 aromatic heterocycles. The zero-order chi connectivity index (χ0) is 4.41. The summed E-state index contributed by atoms with van der Waals surface area (Å²) in [5.41, 5.74) is 0. The molecule has 1 aliphatic rings. The molecule has 30 valence electrons. The number of aliphatic imine (C=N–C) groups is 1. The Balaban J connectivity index is 2.86. The van der Waals surface area contributed by atoms with Crippen molar-refractivity contribution in [3.63, 3.8) is 0 Å². The maximum atomic E-state index is 3.58. The van der Waals surface area contributed by atoms with Crippen molar-refractivity contribution in [2.75, 3.05) is 0 Å². The fourth-order valence-electron chi connectivity index (χ4n) is 0.211. The van der Waals surface area contributed by atoms with E-state index in [-0.39, 0.29) is 0 Å². The summed E-state index contributed by atoms with van der Waals surface area (Å²) >= 11 is 0. The summed E-state index contributed by atoms with van der Waals surface area (Å²) in [6, 6.07) is 0. The molecular formula is C3H3N3. The van der Waals surface area contributed by atoms with E-state index in [4.69, 9.17) is 0 Å². The third kappa shape index (κ3) is 0.337. The third-order valence-electron chi connectivity index (χ3n) is 0.432. The van der Waals surface area contributed by atoms with Gasteiger partial charge in [0.05, 0.1) is 0 Å². The topological polar surface area (TPSA) is 37.1 Å². The first-order valence-corrected chi connectivity index (χ1v) is 1.52. The van der Waals surface area contributed by atoms with Gasteiger partial charge in [-0.2, -0.15) is 0 Å². The van der Waals surface area contributed by atoms with Gasteiger partial charge in [-0.05, 0) is 0 Å². The average Bonchev–Trinajstić information content (AvgIpc) is 1.86. The van der Waals surface area contributed by atoms with Crippen molar-refractivity contribution in [2.24, 2.45) is 15.2 Å². The first-order valence-electron chi connectivity index (χ1n) is 1.52. The van der Waals surface area contributed by atoms with Crippen LogP contribution in [0.5, 0.6) is 0 Å². The Hall–Kier alpha value is -0.990. The smallest absolute Gasteiger partial charge is 0.168 e. The van der Waals surface area contributed by atoms with Gasteiger partial charge in [0, 0.05) is 0 Å². The third-order valence-corrected chi connectivity index (χ3v) is 0.432. The predicted octanol–water partition coefficient (Wildman–Crippen LogP) is 0.952. The Morgan fingerprint density at radius 2 is 2.50 bits per heavy atom. The first kappa shape index (κ1) is 3.21. The summed E-state index contributed by atoms with van der Waals surface area (Å²) in [6.07, 6.45) is 1.36. The van der Waals surface area contributed by atoms with Crippen molar-refractivity contribution < 1.29 is 0 Å². The minimum atomic E-state index is 0.481. The average molecular weight is 81.1 g/mol. The first-order chi connectivity index (χ1) is 2.89. The van der Waals surface area contributed by atoms with Crippen LogP contribution in [-0.2, 0) is 0 Å². The van der Waals surface area contributed by atoms with Gasteiger partial charge in [0.15, 0.2) is 5.82 Å². The Kier molecular flexibility index (Phi) is 0.538. The molecule has 0 aromatic carbocycles. The van der Waals surface area contributed by atoms with Crippen molar-refractivity contribution in [3.05, 3.63) is 12.4 Å². The van der Waals surface area contributed by atoms with Gasteiger partial charge in [-0.1, -0.05) is 6.58 Å². The summed E-state index contributed by atoms with van der Waals surface area (Å²) in [7, 11) is 0. The van der Waals surface area contributed by atoms with Gasteiger partial charge < -0.3 is 0 Å². The molecule has 0 unspecified atom stereocenters. The summed E-state index contributed by atoms with van der Waals surface area (Å²) in [5.74, 6) is 0.481. The molecule has 0 fully saturated rings. The molecule has 0 spiro atoms. The van der Waals surface area contributed by atoms with Crippen LogP contribution in [0.25, 0.3) is 0 Å². The summed E-state index contributed by atoms with van der Waals surface area (Å²) in [4.78, 5) is 3.58. The highest BCUT2D eigenvalue weighted by atomic mass is 15.2. The van der Waals surface area contributed by atoms with E-state index in [1.807, 2.05) is 0 Å². The van der Waals surface area contributed by atoms with E-state index >= 15 is 0 Å². The van der Waals surface area contributed by atoms with E-state index in [1.165, 1.54) is 6.34 Å². The SMILES string of the molecule is C=C1N=CN=N1. The van der Waals surface area contributed by atoms with E-state index in [9.17, 15) is 0 Å². The van der Waals surface area contributed by atoms with Gasteiger partial charge in [-0.3, -0.25) is 0 Å². The minimum Gasteiger partial charge on any atom is -0.214 e. The molecule has 3 nitrogen and oxygen atoms in total. The highest BCUT2D eigenvalue weighted by molar-refractivity contribution is 5.58. The number of hydrogen-bond acceptors (Lipinski definition) is 3. The van der Waals surface area contributed by atoms with Crippen molar-refractivity contribution >= 4 is 6.34 Å². The van der Waals surface area contributed by atoms with E-state index < -0.39 is 0 Å². The van der Waals surface area contributed by atoms with Crippen molar-refractivity contribution in [3.8, 4) is 0 Å². The van der Waals surface area contributed by atoms with Gasteiger partial charge in [-0.15, -0.1) is 10.2 Å². The molecule has 0 aliphatic carbocycles. The molecule has 0 N–H and O–H groups in total. The lowest BCUT2D eigenvalue weighted by atomic mass is 10.9. The lowest BCUT2D eigenvalue weighted by Gasteiger charge is -1.67. The molecule has 0 saturated heterocycles. The van der Waals surface area contributed by atoms with Crippen molar-refractivity contribution in [2.45, 2.75) is 0 Å². The largest absolute Gasteiger partial charge is 0.214 e. The highest BCUT2D eigenvalue weighted by Gasteiger charge is 1.85. The predicted molar refractivity (Wildman–Crippen MR) is 22.5 cm³/mol. The molecule has 1 aliphatic heterocycles. The van der Waals surface area contributed by atoms with Gasteiger partial charge in [-0.25, -0.2) is 4.99 Å². The molecule has 0 bridgehead atoms. The van der Waals surface area contributed by atoms with Crippen LogP contribution < -0.4 is 0 Å². The number of hydrogen-bond donors (Lipinski definition) is 0. The molecule has 1 heterocycles. The lowest BCUT2D eigenvalue weighted by Crippen LogP contribution is -1.51. The fourth-order valence-corrected chi connectivity index (χ4v) is 0.211. The Labute approximate surface area is 35.1 Å². The zero-order valence-corrected chi connectivity index (χ0v) is 3.13. The van der Waals surface area contributed by atoms with Crippen LogP contribution in [0.3, 0.4) is 0 Å². The van der Waals surface area contributed by atoms with Gasteiger partial charge in [0.2, 0.25) is 0 Å². The second-order valence-corrected chi connectivity index (χ2v) is 0.876. The van der Waals surface area contributed by atoms with Crippen LogP contribution in [0.2, 0.25) is 0 Å². The molecule has 6 heavy (non-hydrogen) atoms. The van der Waals surface area contributed by atoms with E-state index in [1.54, 1.807) is 0 Å². The quantitative estimate of drug-likeness (QED) is 0.416. The van der Waals surface area contributed by atoms with E-state index in [0.717, 1.165) is 0 Å². The molecular weight excluding hydrogens is 78.1 g/mol. The molecule has 0 saturated carbocycles. The Bertz CT molecular complexity index is 108. The van der Waals surface area contributed by atoms with Crippen LogP contribution in [0.15, 0.2) is 27.6 Å². The maximum Gasteiger partial charge on any atom is 0.168 e. The zero-order valence-electron chi connectivity index (χ0n) is 3.13. The number of nitrogens with zero attached hydrogens (tertiary/aromatic N) is 3. The van der Waals surface area contributed by atoms with Crippen LogP contribution in [0.1, 0.15) is 0 Å². The van der Waals surface area contributed by atoms with E-state index in [0.29, 0.717) is 5.82 Å². The maximum absolute atomic E-state index is 3.58. The lowest BCUT2D eigenvalue weighted by molar-refractivity contribution is 1.22. The summed E-state index contributed by atoms with van der Waals surface area (Å²) in [5, 5.41) is 6.84. The monoisotopic (exact) mass is 81.0 g/mol. The number of azo groups is 1. The van der Waals surface area contributed by atoms with Gasteiger partial charge in [0.1, 0.15) is 6.34 Å². The van der Waals surface area contributed by atoms with E-state index in [2.05, 4.69) is 21.8 Å². The molecule has 3 heteroatoms. The van der Waals surface area contributed by atoms with Crippen molar-refractivity contribution in [1.29, 1.82) is 0 Å². The standard InChI is InChI=1S/C3H3N3/c1-3-4-2-5-6-3/h2H,1H2. The summed E-state index contributed by atoms with van der Waals surface area (Å²) in [6.45, 7) is 3.40. The molecule has 0 atom stereocenters. The fraction of sp³-hybridized carbons (Fsp3) is 0. The Morgan fingerprint density at radius 1 is 1.67 bits per heavy atom.